The highest BCUT2D eigenvalue weighted by atomic mass is 35.5. The number of ether oxygens (including phenoxy) is 2. The maximum Gasteiger partial charge on any atom is 0.391 e. The second-order valence-corrected chi connectivity index (χ2v) is 15.4. The molecule has 3 saturated carbocycles. The van der Waals surface area contributed by atoms with Gasteiger partial charge in [0, 0.05) is 17.3 Å². The van der Waals surface area contributed by atoms with Gasteiger partial charge in [0.2, 0.25) is 11.8 Å². The number of esters is 2. The van der Waals surface area contributed by atoms with Gasteiger partial charge >= 0.3 is 18.1 Å². The summed E-state index contributed by atoms with van der Waals surface area (Å²) in [6.45, 7) is 11.0. The molecule has 3 unspecified atom stereocenters. The predicted molar refractivity (Wildman–Crippen MR) is 159 cm³/mol. The zero-order valence-electron chi connectivity index (χ0n) is 27.1. The van der Waals surface area contributed by atoms with E-state index in [1.54, 1.807) is 20.8 Å². The van der Waals surface area contributed by atoms with Crippen LogP contribution in [-0.2, 0) is 28.7 Å². The van der Waals surface area contributed by atoms with Gasteiger partial charge in [0.25, 0.3) is 0 Å². The molecule has 6 atom stereocenters. The summed E-state index contributed by atoms with van der Waals surface area (Å²) >= 11 is 6.27. The van der Waals surface area contributed by atoms with E-state index in [-0.39, 0.29) is 43.1 Å². The highest BCUT2D eigenvalue weighted by Crippen LogP contribution is 2.57. The van der Waals surface area contributed by atoms with Gasteiger partial charge in [0.05, 0.1) is 24.4 Å². The van der Waals surface area contributed by atoms with E-state index in [1.807, 2.05) is 20.8 Å². The lowest BCUT2D eigenvalue weighted by Crippen LogP contribution is -2.51. The summed E-state index contributed by atoms with van der Waals surface area (Å²) in [5.74, 6) is -4.48. The van der Waals surface area contributed by atoms with Crippen molar-refractivity contribution in [3.8, 4) is 0 Å². The van der Waals surface area contributed by atoms with Gasteiger partial charge < -0.3 is 20.1 Å². The first-order valence-corrected chi connectivity index (χ1v) is 16.3. The fourth-order valence-electron chi connectivity index (χ4n) is 7.23. The van der Waals surface area contributed by atoms with Crippen molar-refractivity contribution in [3.63, 3.8) is 0 Å². The highest BCUT2D eigenvalue weighted by Gasteiger charge is 2.59. The molecule has 0 aliphatic heterocycles. The predicted octanol–water partition coefficient (Wildman–Crippen LogP) is 6.08. The standard InChI is InChI=1S/C32H50ClF3N2O6/c1-29(2,3)44-28(42)31(6)15-14-22(30(31,4)5)26(40)38-24(27(41)43-7)16-18-8-11-20(12-9-18)37-25(39)21-17-19(32(34,35)36)10-13-23(21)33/h18-24H,8-17H2,1-7H3,(H,37,39)(H,38,40)/t18?,19?,20?,21?,22-,23?,24+,31+/m1/s1. The number of rotatable bonds is 8. The topological polar surface area (TPSA) is 111 Å². The molecule has 3 aliphatic carbocycles. The Morgan fingerprint density at radius 2 is 1.55 bits per heavy atom. The van der Waals surface area contributed by atoms with Crippen LogP contribution in [0.15, 0.2) is 0 Å². The number of nitrogens with one attached hydrogen (secondary N) is 2. The number of alkyl halides is 4. The molecule has 12 heteroatoms. The van der Waals surface area contributed by atoms with Crippen LogP contribution in [0.1, 0.15) is 106 Å². The third-order valence-electron chi connectivity index (χ3n) is 10.5. The number of carbonyl (C=O) groups excluding carboxylic acids is 4. The number of hydrogen-bond donors (Lipinski definition) is 2. The van der Waals surface area contributed by atoms with Crippen LogP contribution >= 0.6 is 11.6 Å². The monoisotopic (exact) mass is 650 g/mol. The first kappa shape index (κ1) is 36.4. The molecule has 8 nitrogen and oxygen atoms in total. The third kappa shape index (κ3) is 8.40. The molecule has 252 valence electrons. The van der Waals surface area contributed by atoms with E-state index in [2.05, 4.69) is 10.6 Å². The number of carbonyl (C=O) groups is 4. The molecule has 3 fully saturated rings. The summed E-state index contributed by atoms with van der Waals surface area (Å²) in [5, 5.41) is 5.20. The molecular weight excluding hydrogens is 601 g/mol. The maximum atomic E-state index is 13.6. The van der Waals surface area contributed by atoms with Gasteiger partial charge in [-0.15, -0.1) is 11.6 Å². The van der Waals surface area contributed by atoms with E-state index in [0.717, 1.165) is 0 Å². The molecule has 3 rings (SSSR count). The van der Waals surface area contributed by atoms with Crippen LogP contribution in [0.25, 0.3) is 0 Å². The molecule has 0 heterocycles. The smallest absolute Gasteiger partial charge is 0.391 e. The van der Waals surface area contributed by atoms with Crippen LogP contribution in [0.4, 0.5) is 13.2 Å². The average molecular weight is 651 g/mol. The van der Waals surface area contributed by atoms with Crippen molar-refractivity contribution < 1.29 is 41.8 Å². The van der Waals surface area contributed by atoms with Crippen LogP contribution < -0.4 is 10.6 Å². The molecule has 0 radical (unpaired) electrons. The van der Waals surface area contributed by atoms with Gasteiger partial charge in [0.1, 0.15) is 11.6 Å². The first-order valence-electron chi connectivity index (χ1n) is 15.8. The van der Waals surface area contributed by atoms with Crippen molar-refractivity contribution in [2.45, 2.75) is 135 Å². The molecule has 0 aromatic heterocycles. The van der Waals surface area contributed by atoms with Gasteiger partial charge in [-0.1, -0.05) is 13.8 Å². The average Bonchev–Trinajstić information content (AvgIpc) is 3.16. The maximum absolute atomic E-state index is 13.6. The fraction of sp³-hybridized carbons (Fsp3) is 0.875. The Hall–Kier alpha value is -2.04. The Morgan fingerprint density at radius 3 is 2.09 bits per heavy atom. The molecule has 0 saturated heterocycles. The van der Waals surface area contributed by atoms with E-state index < -0.39 is 63.7 Å². The molecule has 0 bridgehead atoms. The summed E-state index contributed by atoms with van der Waals surface area (Å²) in [6.07, 6.45) is -0.709. The van der Waals surface area contributed by atoms with Crippen molar-refractivity contribution >= 4 is 35.4 Å². The second-order valence-electron chi connectivity index (χ2n) is 14.9. The summed E-state index contributed by atoms with van der Waals surface area (Å²) in [7, 11) is 1.27. The Balaban J connectivity index is 1.56. The number of methoxy groups -OCH3 is 1. The number of halogens is 4. The van der Waals surface area contributed by atoms with Crippen molar-refractivity contribution in [2.75, 3.05) is 7.11 Å². The summed E-state index contributed by atoms with van der Waals surface area (Å²) in [5.41, 5.74) is -2.26. The summed E-state index contributed by atoms with van der Waals surface area (Å²) in [6, 6.07) is -1.06. The van der Waals surface area contributed by atoms with Crippen LogP contribution in [0.3, 0.4) is 0 Å². The first-order chi connectivity index (χ1) is 20.2. The molecule has 0 spiro atoms. The van der Waals surface area contributed by atoms with Crippen LogP contribution in [0.5, 0.6) is 0 Å². The van der Waals surface area contributed by atoms with Crippen LogP contribution in [0.2, 0.25) is 0 Å². The van der Waals surface area contributed by atoms with Crippen molar-refractivity contribution in [3.05, 3.63) is 0 Å². The van der Waals surface area contributed by atoms with Gasteiger partial charge in [-0.3, -0.25) is 14.4 Å². The molecule has 2 amide bonds. The lowest BCUT2D eigenvalue weighted by Gasteiger charge is -2.40. The minimum atomic E-state index is -4.34. The van der Waals surface area contributed by atoms with E-state index in [1.165, 1.54) is 7.11 Å². The zero-order chi connectivity index (χ0) is 33.3. The normalized spacial score (nSPS) is 33.2. The summed E-state index contributed by atoms with van der Waals surface area (Å²) < 4.78 is 50.5. The van der Waals surface area contributed by atoms with E-state index >= 15 is 0 Å². The highest BCUT2D eigenvalue weighted by molar-refractivity contribution is 6.22. The van der Waals surface area contributed by atoms with Crippen LogP contribution in [0, 0.1) is 34.5 Å². The lowest BCUT2D eigenvalue weighted by molar-refractivity contribution is -0.186. The summed E-state index contributed by atoms with van der Waals surface area (Å²) in [4.78, 5) is 52.4. The van der Waals surface area contributed by atoms with Crippen LogP contribution in [-0.4, -0.2) is 60.1 Å². The quantitative estimate of drug-likeness (QED) is 0.243. The fourth-order valence-corrected chi connectivity index (χ4v) is 7.57. The van der Waals surface area contributed by atoms with Gasteiger partial charge in [-0.25, -0.2) is 4.79 Å². The third-order valence-corrected chi connectivity index (χ3v) is 11.0. The van der Waals surface area contributed by atoms with E-state index in [0.29, 0.717) is 44.9 Å². The van der Waals surface area contributed by atoms with E-state index in [4.69, 9.17) is 21.1 Å². The Morgan fingerprint density at radius 1 is 0.932 bits per heavy atom. The molecule has 44 heavy (non-hydrogen) atoms. The second kappa shape index (κ2) is 13.8. The molecular formula is C32H50ClF3N2O6. The lowest BCUT2D eigenvalue weighted by atomic mass is 9.65. The molecule has 2 N–H and O–H groups in total. The SMILES string of the molecule is COC(=O)[C@H](CC1CCC(NC(=O)C2CC(C(F)(F)F)CCC2Cl)CC1)NC(=O)[C@H]1CC[C@@](C)(C(=O)OC(C)(C)C)C1(C)C. The molecule has 3 aliphatic rings. The Labute approximate surface area is 264 Å². The van der Waals surface area contributed by atoms with E-state index in [9.17, 15) is 32.3 Å². The molecule has 0 aromatic carbocycles. The molecule has 0 aromatic rings. The number of hydrogen-bond acceptors (Lipinski definition) is 6. The van der Waals surface area contributed by atoms with Crippen molar-refractivity contribution in [2.24, 2.45) is 34.5 Å². The Kier molecular flexibility index (Phi) is 11.4. The van der Waals surface area contributed by atoms with Gasteiger partial charge in [-0.05, 0) is 103 Å². The minimum Gasteiger partial charge on any atom is -0.467 e. The zero-order valence-corrected chi connectivity index (χ0v) is 27.8. The van der Waals surface area contributed by atoms with Gasteiger partial charge in [-0.2, -0.15) is 13.2 Å². The largest absolute Gasteiger partial charge is 0.467 e. The van der Waals surface area contributed by atoms with Crippen molar-refractivity contribution in [1.29, 1.82) is 0 Å². The van der Waals surface area contributed by atoms with Crippen molar-refractivity contribution in [1.82, 2.24) is 10.6 Å². The minimum absolute atomic E-state index is 0.0637. The number of amides is 2. The Bertz CT molecular complexity index is 1070. The van der Waals surface area contributed by atoms with Gasteiger partial charge in [0.15, 0.2) is 0 Å².